The third-order valence-electron chi connectivity index (χ3n) is 4.64. The second-order valence-corrected chi connectivity index (χ2v) is 14.3. The molecule has 2 aliphatic rings. The predicted octanol–water partition coefficient (Wildman–Crippen LogP) is 4.05. The third kappa shape index (κ3) is 4.67. The summed E-state index contributed by atoms with van der Waals surface area (Å²) in [5, 5.41) is 2.15. The highest BCUT2D eigenvalue weighted by atomic mass is 28.3. The first-order valence-electron chi connectivity index (χ1n) is 9.01. The quantitative estimate of drug-likeness (QED) is 0.751. The maximum absolute atomic E-state index is 6.37. The Hall–Kier alpha value is -0.723. The van der Waals surface area contributed by atoms with E-state index in [1.807, 2.05) is 13.8 Å². The van der Waals surface area contributed by atoms with Gasteiger partial charge in [-0.2, -0.15) is 5.06 Å². The molecule has 0 amide bonds. The first kappa shape index (κ1) is 18.1. The summed E-state index contributed by atoms with van der Waals surface area (Å²) in [6, 6.07) is 12.0. The lowest BCUT2D eigenvalue weighted by molar-refractivity contribution is -0.193. The van der Waals surface area contributed by atoms with Crippen molar-refractivity contribution in [1.29, 1.82) is 0 Å². The summed E-state index contributed by atoms with van der Waals surface area (Å²) in [7, 11) is -1.17. The molecule has 2 saturated heterocycles. The van der Waals surface area contributed by atoms with Crippen molar-refractivity contribution in [3.05, 3.63) is 35.9 Å². The van der Waals surface area contributed by atoms with E-state index in [4.69, 9.17) is 14.3 Å². The van der Waals surface area contributed by atoms with Crippen molar-refractivity contribution in [3.63, 3.8) is 0 Å². The van der Waals surface area contributed by atoms with E-state index in [2.05, 4.69) is 55.0 Å². The van der Waals surface area contributed by atoms with Crippen molar-refractivity contribution < 1.29 is 14.3 Å². The molecule has 0 aliphatic carbocycles. The van der Waals surface area contributed by atoms with E-state index in [0.717, 1.165) is 13.0 Å². The van der Waals surface area contributed by atoms with Crippen molar-refractivity contribution in [2.24, 2.45) is 0 Å². The summed E-state index contributed by atoms with van der Waals surface area (Å²) in [5.41, 5.74) is 1.27. The normalized spacial score (nSPS) is 30.8. The summed E-state index contributed by atoms with van der Waals surface area (Å²) in [6.45, 7) is 12.6. The summed E-state index contributed by atoms with van der Waals surface area (Å²) in [4.78, 5) is 6.37. The molecule has 3 rings (SSSR count). The van der Waals surface area contributed by atoms with E-state index < -0.39 is 13.9 Å². The minimum absolute atomic E-state index is 0.0790. The van der Waals surface area contributed by atoms with E-state index in [9.17, 15) is 0 Å². The number of hydrogen-bond donors (Lipinski definition) is 0. The molecular weight excluding hydrogens is 318 g/mol. The average molecular weight is 350 g/mol. The van der Waals surface area contributed by atoms with Crippen LogP contribution in [0.4, 0.5) is 0 Å². The average Bonchev–Trinajstić information content (AvgIpc) is 3.01. The van der Waals surface area contributed by atoms with E-state index >= 15 is 0 Å². The number of nitrogens with zero attached hydrogens (tertiary/aromatic N) is 1. The SMILES string of the molecule is CC1(C)OC[C@H]([C@H]2C[C@@H](C[Si](C)(C)C)ON2Cc2ccccc2)O1. The van der Waals surface area contributed by atoms with Gasteiger partial charge in [-0.3, -0.25) is 4.84 Å². The predicted molar refractivity (Wildman–Crippen MR) is 98.3 cm³/mol. The van der Waals surface area contributed by atoms with Crippen LogP contribution in [0.1, 0.15) is 25.8 Å². The molecule has 24 heavy (non-hydrogen) atoms. The lowest BCUT2D eigenvalue weighted by Gasteiger charge is -2.27. The largest absolute Gasteiger partial charge is 0.348 e. The molecule has 0 aromatic heterocycles. The fourth-order valence-corrected chi connectivity index (χ4v) is 5.27. The lowest BCUT2D eigenvalue weighted by atomic mass is 10.1. The summed E-state index contributed by atoms with van der Waals surface area (Å²) in [6.07, 6.45) is 1.41. The van der Waals surface area contributed by atoms with E-state index in [1.54, 1.807) is 0 Å². The molecule has 0 unspecified atom stereocenters. The van der Waals surface area contributed by atoms with Crippen LogP contribution in [0.2, 0.25) is 25.7 Å². The molecule has 2 aliphatic heterocycles. The van der Waals surface area contributed by atoms with Crippen molar-refractivity contribution in [3.8, 4) is 0 Å². The Balaban J connectivity index is 1.72. The molecule has 0 bridgehead atoms. The van der Waals surface area contributed by atoms with Gasteiger partial charge in [0.1, 0.15) is 6.10 Å². The number of rotatable bonds is 5. The highest BCUT2D eigenvalue weighted by molar-refractivity contribution is 6.76. The maximum atomic E-state index is 6.37. The van der Waals surface area contributed by atoms with E-state index in [-0.39, 0.29) is 12.1 Å². The molecule has 0 radical (unpaired) electrons. The van der Waals surface area contributed by atoms with Gasteiger partial charge in [0.05, 0.1) is 18.8 Å². The van der Waals surface area contributed by atoms with Gasteiger partial charge in [0.25, 0.3) is 0 Å². The van der Waals surface area contributed by atoms with Gasteiger partial charge < -0.3 is 9.47 Å². The zero-order valence-electron chi connectivity index (χ0n) is 15.6. The molecule has 4 nitrogen and oxygen atoms in total. The number of hydrogen-bond acceptors (Lipinski definition) is 4. The van der Waals surface area contributed by atoms with Crippen LogP contribution in [0, 0.1) is 0 Å². The standard InChI is InChI=1S/C19H31NO3Si/c1-19(2)21-13-18(22-19)17-11-16(14-24(3,4)5)23-20(17)12-15-9-7-6-8-10-15/h6-10,16-18H,11-14H2,1-5H3/t16-,17+,18+/m0/s1. The molecule has 1 aromatic rings. The molecule has 0 saturated carbocycles. The Morgan fingerprint density at radius 1 is 1.17 bits per heavy atom. The zero-order chi connectivity index (χ0) is 17.4. The van der Waals surface area contributed by atoms with Crippen molar-refractivity contribution in [1.82, 2.24) is 5.06 Å². The summed E-state index contributed by atoms with van der Waals surface area (Å²) in [5.74, 6) is -0.486. The Morgan fingerprint density at radius 3 is 2.46 bits per heavy atom. The van der Waals surface area contributed by atoms with Crippen LogP contribution in [0.3, 0.4) is 0 Å². The molecule has 0 spiro atoms. The molecule has 134 valence electrons. The molecule has 0 N–H and O–H groups in total. The van der Waals surface area contributed by atoms with Gasteiger partial charge in [-0.1, -0.05) is 50.0 Å². The summed E-state index contributed by atoms with van der Waals surface area (Å²) >= 11 is 0. The number of benzene rings is 1. The maximum Gasteiger partial charge on any atom is 0.163 e. The van der Waals surface area contributed by atoms with Gasteiger partial charge in [0.2, 0.25) is 0 Å². The van der Waals surface area contributed by atoms with Crippen molar-refractivity contribution in [2.75, 3.05) is 6.61 Å². The van der Waals surface area contributed by atoms with Crippen LogP contribution in [0.5, 0.6) is 0 Å². The van der Waals surface area contributed by atoms with Crippen LogP contribution >= 0.6 is 0 Å². The van der Waals surface area contributed by atoms with Gasteiger partial charge in [-0.15, -0.1) is 0 Å². The fourth-order valence-electron chi connectivity index (χ4n) is 3.66. The van der Waals surface area contributed by atoms with Crippen LogP contribution in [0.25, 0.3) is 0 Å². The van der Waals surface area contributed by atoms with Crippen molar-refractivity contribution >= 4 is 8.07 Å². The second kappa shape index (κ2) is 6.88. The molecule has 2 heterocycles. The molecule has 3 atom stereocenters. The summed E-state index contributed by atoms with van der Waals surface area (Å²) < 4.78 is 12.0. The van der Waals surface area contributed by atoms with Gasteiger partial charge in [0.15, 0.2) is 5.79 Å². The van der Waals surface area contributed by atoms with Gasteiger partial charge in [-0.25, -0.2) is 0 Å². The van der Waals surface area contributed by atoms with Gasteiger partial charge >= 0.3 is 0 Å². The Kier molecular flexibility index (Phi) is 5.19. The first-order chi connectivity index (χ1) is 11.2. The first-order valence-corrected chi connectivity index (χ1v) is 12.7. The second-order valence-electron chi connectivity index (χ2n) is 8.72. The highest BCUT2D eigenvalue weighted by Crippen LogP contribution is 2.35. The number of ether oxygens (including phenoxy) is 2. The van der Waals surface area contributed by atoms with E-state index in [1.165, 1.54) is 11.6 Å². The zero-order valence-corrected chi connectivity index (χ0v) is 16.6. The topological polar surface area (TPSA) is 30.9 Å². The molecule has 2 fully saturated rings. The third-order valence-corrected chi connectivity index (χ3v) is 6.32. The molecule has 5 heteroatoms. The van der Waals surface area contributed by atoms with Crippen LogP contribution in [0.15, 0.2) is 30.3 Å². The smallest absolute Gasteiger partial charge is 0.163 e. The Labute approximate surface area is 147 Å². The minimum Gasteiger partial charge on any atom is -0.348 e. The van der Waals surface area contributed by atoms with Crippen molar-refractivity contribution in [2.45, 2.75) is 76.5 Å². The van der Waals surface area contributed by atoms with Gasteiger partial charge in [0, 0.05) is 14.6 Å². The van der Waals surface area contributed by atoms with Crippen LogP contribution in [-0.4, -0.2) is 43.8 Å². The number of hydroxylamine groups is 2. The molecular formula is C19H31NO3Si. The Bertz CT molecular complexity index is 543. The highest BCUT2D eigenvalue weighted by Gasteiger charge is 2.45. The monoisotopic (exact) mass is 349 g/mol. The Morgan fingerprint density at radius 2 is 1.88 bits per heavy atom. The minimum atomic E-state index is -1.17. The van der Waals surface area contributed by atoms with Crippen LogP contribution in [-0.2, 0) is 20.9 Å². The molecule has 1 aromatic carbocycles. The lowest BCUT2D eigenvalue weighted by Crippen LogP contribution is -2.40. The van der Waals surface area contributed by atoms with Gasteiger partial charge in [-0.05, 0) is 31.9 Å². The van der Waals surface area contributed by atoms with Crippen LogP contribution < -0.4 is 0 Å². The van der Waals surface area contributed by atoms with E-state index in [0.29, 0.717) is 12.7 Å². The fraction of sp³-hybridized carbons (Fsp3) is 0.684.